The molecule has 9 heteroatoms. The fraction of sp³-hybridized carbons (Fsp3) is 0.185. The lowest BCUT2D eigenvalue weighted by molar-refractivity contribution is -0.121. The molecule has 0 saturated heterocycles. The Morgan fingerprint density at radius 3 is 2.67 bits per heavy atom. The summed E-state index contributed by atoms with van der Waals surface area (Å²) in [6.07, 6.45) is 0.845. The van der Waals surface area contributed by atoms with Gasteiger partial charge in [0.1, 0.15) is 12.3 Å². The molecule has 6 rings (SSSR count). The molecule has 0 aliphatic carbocycles. The average Bonchev–Trinajstić information content (AvgIpc) is 3.34. The van der Waals surface area contributed by atoms with Gasteiger partial charge in [-0.2, -0.15) is 4.98 Å². The maximum absolute atomic E-state index is 13.3. The summed E-state index contributed by atoms with van der Waals surface area (Å²) in [4.78, 5) is 35.7. The maximum atomic E-state index is 13.3. The zero-order valence-electron chi connectivity index (χ0n) is 19.5. The van der Waals surface area contributed by atoms with Gasteiger partial charge in [0.2, 0.25) is 11.7 Å². The molecular weight excluding hydrogens is 476 g/mol. The summed E-state index contributed by atoms with van der Waals surface area (Å²) in [5.41, 5.74) is 3.01. The number of carbonyl (C=O) groups is 2. The minimum atomic E-state index is -0.172. The van der Waals surface area contributed by atoms with E-state index in [0.717, 1.165) is 27.5 Å². The summed E-state index contributed by atoms with van der Waals surface area (Å²) in [7, 11) is 0. The molecule has 8 nitrogen and oxygen atoms in total. The molecule has 0 unspecified atom stereocenters. The van der Waals surface area contributed by atoms with E-state index in [2.05, 4.69) is 17.1 Å². The Bertz CT molecular complexity index is 1480. The highest BCUT2D eigenvalue weighted by Gasteiger charge is 2.29. The summed E-state index contributed by atoms with van der Waals surface area (Å²) < 4.78 is 11.0. The van der Waals surface area contributed by atoms with Crippen LogP contribution in [-0.2, 0) is 11.3 Å². The molecule has 0 bridgehead atoms. The van der Waals surface area contributed by atoms with E-state index in [4.69, 9.17) is 9.26 Å². The molecule has 2 aliphatic rings. The van der Waals surface area contributed by atoms with Crippen molar-refractivity contribution in [2.75, 3.05) is 23.0 Å². The number of benzene rings is 3. The monoisotopic (exact) mass is 498 g/mol. The first-order valence-corrected chi connectivity index (χ1v) is 12.5. The maximum Gasteiger partial charge on any atom is 0.265 e. The first-order valence-electron chi connectivity index (χ1n) is 11.7. The van der Waals surface area contributed by atoms with Gasteiger partial charge in [0.15, 0.2) is 6.61 Å². The van der Waals surface area contributed by atoms with Gasteiger partial charge in [-0.3, -0.25) is 14.5 Å². The molecule has 0 saturated carbocycles. The van der Waals surface area contributed by atoms with E-state index in [-0.39, 0.29) is 25.0 Å². The Kier molecular flexibility index (Phi) is 5.69. The summed E-state index contributed by atoms with van der Waals surface area (Å²) in [5.74, 6) is 1.23. The van der Waals surface area contributed by atoms with Crippen molar-refractivity contribution in [2.24, 2.45) is 0 Å². The van der Waals surface area contributed by atoms with Gasteiger partial charge in [-0.1, -0.05) is 48.1 Å². The fourth-order valence-electron chi connectivity index (χ4n) is 4.41. The molecular formula is C27H22N4O4S. The minimum absolute atomic E-state index is 0.00348. The average molecular weight is 499 g/mol. The molecule has 0 atom stereocenters. The van der Waals surface area contributed by atoms with Crippen LogP contribution in [-0.4, -0.2) is 35.1 Å². The van der Waals surface area contributed by atoms with Crippen LogP contribution in [0.1, 0.15) is 29.6 Å². The fourth-order valence-corrected chi connectivity index (χ4v) is 5.53. The second kappa shape index (κ2) is 9.16. The van der Waals surface area contributed by atoms with Gasteiger partial charge in [-0.15, -0.1) is 0 Å². The third-order valence-electron chi connectivity index (χ3n) is 6.11. The van der Waals surface area contributed by atoms with E-state index < -0.39 is 0 Å². The lowest BCUT2D eigenvalue weighted by Crippen LogP contribution is -2.38. The molecule has 36 heavy (non-hydrogen) atoms. The lowest BCUT2D eigenvalue weighted by Gasteiger charge is -2.27. The number of rotatable bonds is 5. The smallest absolute Gasteiger partial charge is 0.265 e. The lowest BCUT2D eigenvalue weighted by atomic mass is 10.1. The number of aromatic nitrogens is 2. The van der Waals surface area contributed by atoms with Crippen LogP contribution < -0.4 is 14.5 Å². The van der Waals surface area contributed by atoms with Crippen molar-refractivity contribution in [2.45, 2.75) is 29.7 Å². The first kappa shape index (κ1) is 22.4. The van der Waals surface area contributed by atoms with Crippen LogP contribution >= 0.6 is 11.8 Å². The van der Waals surface area contributed by atoms with Crippen molar-refractivity contribution >= 4 is 35.0 Å². The van der Waals surface area contributed by atoms with Gasteiger partial charge < -0.3 is 14.2 Å². The van der Waals surface area contributed by atoms with Gasteiger partial charge in [0.25, 0.3) is 11.8 Å². The number of anilines is 2. The van der Waals surface area contributed by atoms with Crippen LogP contribution in [0.3, 0.4) is 0 Å². The zero-order chi connectivity index (χ0) is 24.6. The zero-order valence-corrected chi connectivity index (χ0v) is 20.3. The van der Waals surface area contributed by atoms with Crippen molar-refractivity contribution in [3.05, 3.63) is 78.2 Å². The number of fused-ring (bicyclic) bond motifs is 3. The number of hydrogen-bond donors (Lipinski definition) is 0. The highest BCUT2D eigenvalue weighted by molar-refractivity contribution is 7.99. The molecule has 2 amide bonds. The molecule has 2 aliphatic heterocycles. The molecule has 0 spiro atoms. The largest absolute Gasteiger partial charge is 0.482 e. The normalized spacial score (nSPS) is 14.6. The second-order valence-corrected chi connectivity index (χ2v) is 9.57. The topological polar surface area (TPSA) is 88.8 Å². The number of para-hydroxylation sites is 2. The number of nitrogens with zero attached hydrogens (tertiary/aromatic N) is 4. The Morgan fingerprint density at radius 2 is 1.78 bits per heavy atom. The summed E-state index contributed by atoms with van der Waals surface area (Å²) in [6.45, 7) is 2.80. The van der Waals surface area contributed by atoms with E-state index >= 15 is 0 Å². The summed E-state index contributed by atoms with van der Waals surface area (Å²) in [6, 6.07) is 20.9. The molecule has 180 valence electrons. The van der Waals surface area contributed by atoms with E-state index in [1.807, 2.05) is 71.6 Å². The van der Waals surface area contributed by atoms with Crippen LogP contribution in [0.15, 0.2) is 81.0 Å². The number of ether oxygens (including phenoxy) is 1. The van der Waals surface area contributed by atoms with E-state index in [9.17, 15) is 9.59 Å². The van der Waals surface area contributed by atoms with Gasteiger partial charge in [0.05, 0.1) is 16.9 Å². The Labute approximate surface area is 211 Å². The summed E-state index contributed by atoms with van der Waals surface area (Å²) in [5, 5.41) is 4.17. The molecule has 1 aromatic heterocycles. The minimum Gasteiger partial charge on any atom is -0.482 e. The molecule has 0 fully saturated rings. The van der Waals surface area contributed by atoms with Crippen LogP contribution in [0.25, 0.3) is 11.4 Å². The van der Waals surface area contributed by atoms with E-state index in [1.165, 1.54) is 0 Å². The Hall–Kier alpha value is -4.11. The number of amides is 2. The first-order chi connectivity index (χ1) is 17.6. The number of hydrogen-bond acceptors (Lipinski definition) is 7. The van der Waals surface area contributed by atoms with E-state index in [1.54, 1.807) is 16.7 Å². The van der Waals surface area contributed by atoms with Gasteiger partial charge >= 0.3 is 0 Å². The SMILES string of the molecule is CCCN1C(=O)c2ccccc2Sc2cc(-c3noc(CN4C(=O)COc5ccccc54)n3)ccc21. The third kappa shape index (κ3) is 3.91. The molecule has 4 aromatic rings. The van der Waals surface area contributed by atoms with Crippen molar-refractivity contribution in [1.82, 2.24) is 10.1 Å². The molecule has 0 radical (unpaired) electrons. The van der Waals surface area contributed by atoms with Gasteiger partial charge in [-0.25, -0.2) is 0 Å². The van der Waals surface area contributed by atoms with Crippen LogP contribution in [0.4, 0.5) is 11.4 Å². The third-order valence-corrected chi connectivity index (χ3v) is 7.23. The Balaban J connectivity index is 1.32. The molecule has 3 aromatic carbocycles. The molecule has 0 N–H and O–H groups in total. The quantitative estimate of drug-likeness (QED) is 0.374. The number of carbonyl (C=O) groups excluding carboxylic acids is 2. The van der Waals surface area contributed by atoms with Crippen LogP contribution in [0.5, 0.6) is 5.75 Å². The highest BCUT2D eigenvalue weighted by Crippen LogP contribution is 2.43. The van der Waals surface area contributed by atoms with Crippen molar-refractivity contribution in [1.29, 1.82) is 0 Å². The van der Waals surface area contributed by atoms with Crippen molar-refractivity contribution in [3.8, 4) is 17.1 Å². The second-order valence-electron chi connectivity index (χ2n) is 8.49. The summed E-state index contributed by atoms with van der Waals surface area (Å²) >= 11 is 1.56. The predicted octanol–water partition coefficient (Wildman–Crippen LogP) is 5.18. The standard InChI is InChI=1S/C27H22N4O4S/c1-2-13-30-20-12-11-17(14-23(20)36-22-10-6-3-7-18(22)27(30)33)26-28-24(35-29-26)15-31-19-8-4-5-9-21(19)34-16-25(31)32/h3-12,14H,2,13,15-16H2,1H3. The molecule has 3 heterocycles. The van der Waals surface area contributed by atoms with Crippen LogP contribution in [0, 0.1) is 0 Å². The Morgan fingerprint density at radius 1 is 0.944 bits per heavy atom. The van der Waals surface area contributed by atoms with E-state index in [0.29, 0.717) is 35.3 Å². The van der Waals surface area contributed by atoms with Crippen LogP contribution in [0.2, 0.25) is 0 Å². The highest BCUT2D eigenvalue weighted by atomic mass is 32.2. The predicted molar refractivity (Wildman–Crippen MR) is 135 cm³/mol. The van der Waals surface area contributed by atoms with Gasteiger partial charge in [-0.05, 0) is 48.9 Å². The van der Waals surface area contributed by atoms with Gasteiger partial charge in [0, 0.05) is 21.9 Å². The van der Waals surface area contributed by atoms with Crippen molar-refractivity contribution in [3.63, 3.8) is 0 Å². The van der Waals surface area contributed by atoms with Crippen molar-refractivity contribution < 1.29 is 18.8 Å².